The number of aliphatic hydroxyl groups excluding tert-OH is 16. The minimum Gasteiger partial charge on any atom is -0.464 e. The Balaban J connectivity index is 2.77. The Bertz CT molecular complexity index is 2640. The lowest BCUT2D eigenvalue weighted by atomic mass is 9.48. The van der Waals surface area contributed by atoms with E-state index in [1.165, 1.54) is 0 Å². The first-order valence-electron chi connectivity index (χ1n) is 34.8. The molecule has 4 aliphatic rings. The predicted molar refractivity (Wildman–Crippen MR) is 361 cm³/mol. The first-order valence-corrected chi connectivity index (χ1v) is 34.8. The normalized spacial score (nSPS) is 20.0. The molecule has 40 nitrogen and oxygen atoms in total. The topological polar surface area (TPSA) is 639 Å². The van der Waals surface area contributed by atoms with Crippen molar-refractivity contribution in [2.75, 3.05) is 159 Å². The van der Waals surface area contributed by atoms with Gasteiger partial charge in [0, 0.05) is 38.5 Å². The van der Waals surface area contributed by atoms with Gasteiger partial charge in [0.05, 0.1) is 106 Å². The SMILES string of the molecule is CC(CO)(CO)C(=O)OCC(C)(COC(=O)C(C)(CO)CO)C(=O)OC12CC3(OC(=O)C(C)(COC(=O)C(C)(CO)CO)COC(=O)C(C)(CO)CO)CC(OC(=O)C(C)(COC(=O)C(C)(CO)CO)COC(=O)C(C)(CO)CO)(C1)CC(OC(=O)C(C)(COC(=O)C(C)(CO)CO)COC(=O)C(C)(CO)CO)(C2)C3. The van der Waals surface area contributed by atoms with Gasteiger partial charge >= 0.3 is 71.6 Å². The molecule has 632 valence electrons. The van der Waals surface area contributed by atoms with Crippen LogP contribution in [0.4, 0.5) is 0 Å². The average molecular weight is 1590 g/mol. The van der Waals surface area contributed by atoms with E-state index < -0.39 is 356 Å². The maximum Gasteiger partial charge on any atom is 0.319 e. The Hall–Kier alpha value is -7.00. The van der Waals surface area contributed by atoms with E-state index in [4.69, 9.17) is 56.8 Å². The van der Waals surface area contributed by atoms with Crippen LogP contribution in [0, 0.1) is 65.0 Å². The summed E-state index contributed by atoms with van der Waals surface area (Å²) >= 11 is 0. The molecule has 4 rings (SSSR count). The molecule has 0 unspecified atom stereocenters. The lowest BCUT2D eigenvalue weighted by molar-refractivity contribution is -0.316. The smallest absolute Gasteiger partial charge is 0.319 e. The van der Waals surface area contributed by atoms with E-state index in [0.717, 1.165) is 83.1 Å². The maximum atomic E-state index is 15.9. The predicted octanol–water partition coefficient (Wildman–Crippen LogP) is -6.21. The van der Waals surface area contributed by atoms with Gasteiger partial charge in [0.1, 0.15) is 140 Å². The van der Waals surface area contributed by atoms with Crippen molar-refractivity contribution in [3.63, 3.8) is 0 Å². The summed E-state index contributed by atoms with van der Waals surface area (Å²) < 4.78 is 70.4. The zero-order valence-electron chi connectivity index (χ0n) is 64.2. The van der Waals surface area contributed by atoms with Crippen LogP contribution in [0.5, 0.6) is 0 Å². The van der Waals surface area contributed by atoms with Crippen molar-refractivity contribution >= 4 is 71.6 Å². The average Bonchev–Trinajstić information content (AvgIpc) is 0.679. The van der Waals surface area contributed by atoms with Gasteiger partial charge in [0.2, 0.25) is 0 Å². The van der Waals surface area contributed by atoms with Crippen molar-refractivity contribution in [1.82, 2.24) is 0 Å². The van der Waals surface area contributed by atoms with Gasteiger partial charge in [-0.15, -0.1) is 0 Å². The second kappa shape index (κ2) is 37.3. The van der Waals surface area contributed by atoms with Gasteiger partial charge in [-0.05, 0) is 83.1 Å². The van der Waals surface area contributed by atoms with Gasteiger partial charge in [-0.1, -0.05) is 0 Å². The van der Waals surface area contributed by atoms with Crippen LogP contribution >= 0.6 is 0 Å². The summed E-state index contributed by atoms with van der Waals surface area (Å²) in [5.41, 5.74) is -37.8. The fraction of sp³-hybridized carbons (Fsp3) is 0.829. The van der Waals surface area contributed by atoms with Gasteiger partial charge in [-0.3, -0.25) is 57.5 Å². The third kappa shape index (κ3) is 21.4. The van der Waals surface area contributed by atoms with E-state index in [0.29, 0.717) is 0 Å². The molecular weight excluding hydrogens is 1480 g/mol. The van der Waals surface area contributed by atoms with Gasteiger partial charge in [-0.2, -0.15) is 0 Å². The zero-order valence-corrected chi connectivity index (χ0v) is 64.2. The Labute approximate surface area is 633 Å². The monoisotopic (exact) mass is 1590 g/mol. The fourth-order valence-corrected chi connectivity index (χ4v) is 11.2. The van der Waals surface area contributed by atoms with E-state index >= 15 is 19.2 Å². The van der Waals surface area contributed by atoms with Gasteiger partial charge < -0.3 is 139 Å². The second-order valence-corrected chi connectivity index (χ2v) is 33.2. The van der Waals surface area contributed by atoms with Gasteiger partial charge in [0.25, 0.3) is 0 Å². The minimum atomic E-state index is -2.62. The Morgan fingerprint density at radius 1 is 0.182 bits per heavy atom. The van der Waals surface area contributed by atoms with E-state index in [2.05, 4.69) is 0 Å². The van der Waals surface area contributed by atoms with Crippen molar-refractivity contribution in [3.05, 3.63) is 0 Å². The van der Waals surface area contributed by atoms with Crippen molar-refractivity contribution in [2.45, 2.75) is 144 Å². The number of hydrogen-bond acceptors (Lipinski definition) is 40. The Kier molecular flexibility index (Phi) is 33.0. The molecule has 16 N–H and O–H groups in total. The summed E-state index contributed by atoms with van der Waals surface area (Å²) in [6.45, 7) is -15.0. The highest BCUT2D eigenvalue weighted by Crippen LogP contribution is 2.67. The molecule has 0 atom stereocenters. The highest BCUT2D eigenvalue weighted by molar-refractivity contribution is 5.86. The van der Waals surface area contributed by atoms with E-state index in [1.807, 2.05) is 0 Å². The standard InChI is InChI=1S/C70H112O40/c1-55(19-71,20-72)43(87)99-35-63(9,36-100-44(88)56(2,21-73)22-74)51(95)107-67-13-68(108-52(96)64(10,37-101-45(89)57(3,23-75)24-76)38-102-46(90)58(4,25-77)26-78)16-69(14-67,109-53(97)65(11,39-103-47(91)59(5,27-79)28-80)40-104-48(92)60(6,29-81)30-82)18-70(15-67,17-68)110-54(98)66(12,41-105-49(93)61(7,31-83)32-84)42-106-50(94)62(8,33-85)34-86/h71-86H,13-42H2,1-12H3. The fourth-order valence-electron chi connectivity index (χ4n) is 11.2. The third-order valence-corrected chi connectivity index (χ3v) is 20.8. The molecule has 0 aromatic heterocycles. The molecule has 4 aliphatic carbocycles. The number of esters is 12. The summed E-state index contributed by atoms with van der Waals surface area (Å²) in [7, 11) is 0. The van der Waals surface area contributed by atoms with Crippen LogP contribution in [0.25, 0.3) is 0 Å². The minimum absolute atomic E-state index is 0.912. The maximum absolute atomic E-state index is 15.9. The number of ether oxygens (including phenoxy) is 12. The van der Waals surface area contributed by atoms with Crippen molar-refractivity contribution < 1.29 is 196 Å². The summed E-state index contributed by atoms with van der Waals surface area (Å²) in [5, 5.41) is 163. The number of carbonyl (C=O) groups excluding carboxylic acids is 12. The van der Waals surface area contributed by atoms with Crippen molar-refractivity contribution in [1.29, 1.82) is 0 Å². The van der Waals surface area contributed by atoms with Crippen LogP contribution in [-0.4, -0.2) is 334 Å². The van der Waals surface area contributed by atoms with Crippen LogP contribution in [0.2, 0.25) is 0 Å². The van der Waals surface area contributed by atoms with Crippen LogP contribution in [0.1, 0.15) is 122 Å². The molecular formula is C70H112O40. The summed E-state index contributed by atoms with van der Waals surface area (Å²) in [6.07, 6.45) is -5.47. The molecule has 0 spiro atoms. The quantitative estimate of drug-likeness (QED) is 0.0199. The first kappa shape index (κ1) is 97.2. The van der Waals surface area contributed by atoms with Crippen molar-refractivity contribution in [3.8, 4) is 0 Å². The zero-order chi connectivity index (χ0) is 84.6. The molecule has 0 aromatic rings. The Morgan fingerprint density at radius 3 is 0.355 bits per heavy atom. The lowest BCUT2D eigenvalue weighted by Crippen LogP contribution is -2.76. The van der Waals surface area contributed by atoms with Gasteiger partial charge in [-0.25, -0.2) is 0 Å². The molecule has 0 saturated heterocycles. The molecule has 4 fully saturated rings. The van der Waals surface area contributed by atoms with Gasteiger partial charge in [0.15, 0.2) is 0 Å². The van der Waals surface area contributed by atoms with Crippen LogP contribution in [0.3, 0.4) is 0 Å². The molecule has 110 heavy (non-hydrogen) atoms. The highest BCUT2D eigenvalue weighted by Gasteiger charge is 2.76. The highest BCUT2D eigenvalue weighted by atomic mass is 16.6. The van der Waals surface area contributed by atoms with Crippen LogP contribution in [-0.2, 0) is 114 Å². The third-order valence-electron chi connectivity index (χ3n) is 20.8. The molecule has 40 heteroatoms. The van der Waals surface area contributed by atoms with Crippen LogP contribution < -0.4 is 0 Å². The number of hydrogen-bond donors (Lipinski definition) is 16. The molecule has 0 amide bonds. The second-order valence-electron chi connectivity index (χ2n) is 33.2. The van der Waals surface area contributed by atoms with E-state index in [9.17, 15) is 120 Å². The molecule has 0 radical (unpaired) electrons. The Morgan fingerprint density at radius 2 is 0.273 bits per heavy atom. The van der Waals surface area contributed by atoms with E-state index in [1.54, 1.807) is 0 Å². The molecule has 0 aliphatic heterocycles. The lowest BCUT2D eigenvalue weighted by Gasteiger charge is -2.67. The summed E-state index contributed by atoms with van der Waals surface area (Å²) in [5.74, 6) is -17.6. The molecule has 0 aromatic carbocycles. The molecule has 4 bridgehead atoms. The van der Waals surface area contributed by atoms with Crippen molar-refractivity contribution in [2.24, 2.45) is 65.0 Å². The number of aliphatic hydroxyl groups is 16. The number of rotatable bonds is 48. The largest absolute Gasteiger partial charge is 0.464 e. The first-order chi connectivity index (χ1) is 50.7. The van der Waals surface area contributed by atoms with Crippen LogP contribution in [0.15, 0.2) is 0 Å². The number of carbonyl (C=O) groups is 12. The summed E-state index contributed by atoms with van der Waals surface area (Å²) in [4.78, 5) is 173. The molecule has 4 saturated carbocycles. The van der Waals surface area contributed by atoms with E-state index in [-0.39, 0.29) is 0 Å². The summed E-state index contributed by atoms with van der Waals surface area (Å²) in [6, 6.07) is 0. The molecule has 0 heterocycles.